The molecule has 1 aliphatic carbocycles. The lowest BCUT2D eigenvalue weighted by molar-refractivity contribution is -0.112. The second kappa shape index (κ2) is 7.60. The zero-order chi connectivity index (χ0) is 19.0. The number of ether oxygens (including phenoxy) is 2. The summed E-state index contributed by atoms with van der Waals surface area (Å²) in [6, 6.07) is 5.39. The van der Waals surface area contributed by atoms with E-state index in [1.807, 2.05) is 17.4 Å². The van der Waals surface area contributed by atoms with Gasteiger partial charge in [-0.15, -0.1) is 23.1 Å². The van der Waals surface area contributed by atoms with E-state index in [0.717, 1.165) is 16.6 Å². The average Bonchev–Trinajstić information content (AvgIpc) is 3.04. The third kappa shape index (κ3) is 3.60. The third-order valence-corrected chi connectivity index (χ3v) is 7.46. The van der Waals surface area contributed by atoms with Crippen molar-refractivity contribution in [2.45, 2.75) is 31.9 Å². The van der Waals surface area contributed by atoms with Gasteiger partial charge in [0.1, 0.15) is 11.5 Å². The van der Waals surface area contributed by atoms with Crippen LogP contribution in [0.2, 0.25) is 0 Å². The van der Waals surface area contributed by atoms with Crippen molar-refractivity contribution in [3.05, 3.63) is 44.0 Å². The van der Waals surface area contributed by atoms with Crippen molar-refractivity contribution in [3.8, 4) is 11.5 Å². The van der Waals surface area contributed by atoms with Crippen molar-refractivity contribution in [1.82, 2.24) is 0 Å². The lowest BCUT2D eigenvalue weighted by atomic mass is 9.88. The summed E-state index contributed by atoms with van der Waals surface area (Å²) in [7, 11) is 3.19. The molecule has 1 atom stereocenters. The van der Waals surface area contributed by atoms with E-state index in [0.29, 0.717) is 17.2 Å². The van der Waals surface area contributed by atoms with Crippen LogP contribution in [0.25, 0.3) is 6.08 Å². The number of fused-ring (bicyclic) bond motifs is 3. The maximum atomic E-state index is 12.8. The van der Waals surface area contributed by atoms with E-state index >= 15 is 0 Å². The van der Waals surface area contributed by atoms with Crippen molar-refractivity contribution in [3.63, 3.8) is 0 Å². The van der Waals surface area contributed by atoms with E-state index in [1.165, 1.54) is 34.6 Å². The number of hydrogen-bond acceptors (Lipinski definition) is 5. The van der Waals surface area contributed by atoms with E-state index in [-0.39, 0.29) is 5.91 Å². The van der Waals surface area contributed by atoms with Crippen LogP contribution in [0, 0.1) is 5.92 Å². The molecular formula is C21H23NO3S2. The van der Waals surface area contributed by atoms with Crippen LogP contribution >= 0.6 is 23.1 Å². The monoisotopic (exact) mass is 401 g/mol. The Morgan fingerprint density at radius 2 is 2.07 bits per heavy atom. The molecule has 1 aromatic heterocycles. The SMILES string of the molecule is COc1ccc(NC(=O)C2=Cc3sc4c(c3CS2)CCC(C)C4)c(OC)c1. The average molecular weight is 402 g/mol. The Labute approximate surface area is 168 Å². The molecule has 4 nitrogen and oxygen atoms in total. The maximum Gasteiger partial charge on any atom is 0.262 e. The first-order chi connectivity index (χ1) is 13.1. The highest BCUT2D eigenvalue weighted by molar-refractivity contribution is 8.03. The van der Waals surface area contributed by atoms with Gasteiger partial charge in [0, 0.05) is 21.6 Å². The molecule has 0 radical (unpaired) electrons. The molecule has 0 spiro atoms. The fourth-order valence-electron chi connectivity index (χ4n) is 3.64. The predicted molar refractivity (Wildman–Crippen MR) is 113 cm³/mol. The molecule has 1 aromatic carbocycles. The molecule has 1 amide bonds. The van der Waals surface area contributed by atoms with Crippen LogP contribution < -0.4 is 14.8 Å². The third-order valence-electron chi connectivity index (χ3n) is 5.17. The van der Waals surface area contributed by atoms with Crippen LogP contribution in [0.4, 0.5) is 5.69 Å². The molecule has 0 saturated carbocycles. The van der Waals surface area contributed by atoms with Crippen molar-refractivity contribution in [2.75, 3.05) is 19.5 Å². The van der Waals surface area contributed by atoms with Crippen LogP contribution in [0.5, 0.6) is 11.5 Å². The largest absolute Gasteiger partial charge is 0.497 e. The topological polar surface area (TPSA) is 47.6 Å². The van der Waals surface area contributed by atoms with Crippen LogP contribution in [0.3, 0.4) is 0 Å². The fraction of sp³-hybridized carbons (Fsp3) is 0.381. The summed E-state index contributed by atoms with van der Waals surface area (Å²) in [6.45, 7) is 2.33. The lowest BCUT2D eigenvalue weighted by Crippen LogP contribution is -2.15. The summed E-state index contributed by atoms with van der Waals surface area (Å²) in [5.41, 5.74) is 3.65. The summed E-state index contributed by atoms with van der Waals surface area (Å²) in [6.07, 6.45) is 5.69. The summed E-state index contributed by atoms with van der Waals surface area (Å²) < 4.78 is 10.6. The molecule has 0 fully saturated rings. The van der Waals surface area contributed by atoms with Gasteiger partial charge in [-0.1, -0.05) is 6.92 Å². The summed E-state index contributed by atoms with van der Waals surface area (Å²) >= 11 is 3.49. The van der Waals surface area contributed by atoms with Gasteiger partial charge in [-0.25, -0.2) is 0 Å². The molecule has 0 saturated heterocycles. The standard InChI is InChI=1S/C21H23NO3S2/c1-12-4-6-14-15-11-26-20(10-19(15)27-18(14)8-12)21(23)22-16-7-5-13(24-2)9-17(16)25-3/h5,7,9-10,12H,4,6,8,11H2,1-3H3,(H,22,23). The normalized spacial score (nSPS) is 18.2. The number of carbonyl (C=O) groups is 1. The highest BCUT2D eigenvalue weighted by Crippen LogP contribution is 2.43. The highest BCUT2D eigenvalue weighted by Gasteiger charge is 2.27. The van der Waals surface area contributed by atoms with Crippen LogP contribution in [0.1, 0.15) is 34.2 Å². The quantitative estimate of drug-likeness (QED) is 0.773. The van der Waals surface area contributed by atoms with E-state index in [2.05, 4.69) is 18.3 Å². The number of hydrogen-bond donors (Lipinski definition) is 1. The Kier molecular flexibility index (Phi) is 5.19. The fourth-order valence-corrected chi connectivity index (χ4v) is 6.30. The van der Waals surface area contributed by atoms with Gasteiger partial charge in [-0.2, -0.15) is 0 Å². The Morgan fingerprint density at radius 1 is 1.22 bits per heavy atom. The Balaban J connectivity index is 1.56. The molecule has 0 bridgehead atoms. The Bertz CT molecular complexity index is 916. The number of rotatable bonds is 4. The molecule has 1 N–H and O–H groups in total. The second-order valence-corrected chi connectivity index (χ2v) is 9.17. The molecular weight excluding hydrogens is 378 g/mol. The van der Waals surface area contributed by atoms with Gasteiger partial charge >= 0.3 is 0 Å². The van der Waals surface area contributed by atoms with Crippen molar-refractivity contribution < 1.29 is 14.3 Å². The lowest BCUT2D eigenvalue weighted by Gasteiger charge is -2.20. The van der Waals surface area contributed by atoms with Crippen molar-refractivity contribution in [2.24, 2.45) is 5.92 Å². The Morgan fingerprint density at radius 3 is 2.85 bits per heavy atom. The minimum atomic E-state index is -0.0890. The second-order valence-electron chi connectivity index (χ2n) is 7.01. The summed E-state index contributed by atoms with van der Waals surface area (Å²) in [5, 5.41) is 2.98. The Hall–Kier alpha value is -1.92. The van der Waals surface area contributed by atoms with Crippen LogP contribution in [0.15, 0.2) is 23.1 Å². The number of thiophene rings is 1. The zero-order valence-electron chi connectivity index (χ0n) is 15.8. The van der Waals surface area contributed by atoms with Crippen molar-refractivity contribution >= 4 is 40.8 Å². The summed E-state index contributed by atoms with van der Waals surface area (Å²) in [4.78, 5) is 16.4. The molecule has 2 aromatic rings. The molecule has 6 heteroatoms. The van der Waals surface area contributed by atoms with Gasteiger partial charge in [-0.05, 0) is 54.5 Å². The van der Waals surface area contributed by atoms with Gasteiger partial charge in [0.25, 0.3) is 5.91 Å². The number of nitrogens with one attached hydrogen (secondary N) is 1. The molecule has 4 rings (SSSR count). The number of thioether (sulfide) groups is 1. The molecule has 142 valence electrons. The summed E-state index contributed by atoms with van der Waals surface area (Å²) in [5.74, 6) is 2.84. The van der Waals surface area contributed by atoms with E-state index in [9.17, 15) is 4.79 Å². The first kappa shape index (κ1) is 18.4. The van der Waals surface area contributed by atoms with E-state index in [1.54, 1.807) is 43.7 Å². The minimum Gasteiger partial charge on any atom is -0.497 e. The highest BCUT2D eigenvalue weighted by atomic mass is 32.2. The van der Waals surface area contributed by atoms with Gasteiger partial charge in [0.2, 0.25) is 0 Å². The van der Waals surface area contributed by atoms with Gasteiger partial charge in [0.15, 0.2) is 0 Å². The first-order valence-corrected chi connectivity index (χ1v) is 10.9. The predicted octanol–water partition coefficient (Wildman–Crippen LogP) is 5.12. The minimum absolute atomic E-state index is 0.0890. The first-order valence-electron chi connectivity index (χ1n) is 9.10. The number of amides is 1. The molecule has 2 aliphatic rings. The van der Waals surface area contributed by atoms with Crippen LogP contribution in [-0.4, -0.2) is 20.1 Å². The molecule has 2 heterocycles. The van der Waals surface area contributed by atoms with Crippen molar-refractivity contribution in [1.29, 1.82) is 0 Å². The number of benzene rings is 1. The number of methoxy groups -OCH3 is 2. The van der Waals surface area contributed by atoms with Gasteiger partial charge in [-0.3, -0.25) is 4.79 Å². The molecule has 1 unspecified atom stereocenters. The van der Waals surface area contributed by atoms with Crippen LogP contribution in [-0.2, 0) is 23.4 Å². The number of carbonyl (C=O) groups excluding carboxylic acids is 1. The van der Waals surface area contributed by atoms with Gasteiger partial charge < -0.3 is 14.8 Å². The smallest absolute Gasteiger partial charge is 0.262 e. The number of anilines is 1. The van der Waals surface area contributed by atoms with E-state index in [4.69, 9.17) is 9.47 Å². The molecule has 27 heavy (non-hydrogen) atoms. The van der Waals surface area contributed by atoms with E-state index < -0.39 is 0 Å². The van der Waals surface area contributed by atoms with Gasteiger partial charge in [0.05, 0.1) is 24.8 Å². The maximum absolute atomic E-state index is 12.8. The zero-order valence-corrected chi connectivity index (χ0v) is 17.4. The molecule has 1 aliphatic heterocycles.